The van der Waals surface area contributed by atoms with E-state index in [0.717, 1.165) is 39.0 Å². The second kappa shape index (κ2) is 9.48. The third-order valence-corrected chi connectivity index (χ3v) is 9.40. The van der Waals surface area contributed by atoms with Crippen LogP contribution >= 0.6 is 0 Å². The summed E-state index contributed by atoms with van der Waals surface area (Å²) in [6.07, 6.45) is 9.50. The van der Waals surface area contributed by atoms with Gasteiger partial charge in [-0.3, -0.25) is 4.98 Å². The van der Waals surface area contributed by atoms with Crippen LogP contribution in [0.15, 0.2) is 30.5 Å². The highest BCUT2D eigenvalue weighted by Gasteiger charge is 2.41. The van der Waals surface area contributed by atoms with E-state index in [1.54, 1.807) is 6.20 Å². The molecule has 4 atom stereocenters. The minimum absolute atomic E-state index is 0.00905. The van der Waals surface area contributed by atoms with Crippen molar-refractivity contribution >= 4 is 33.4 Å². The van der Waals surface area contributed by atoms with Gasteiger partial charge in [-0.25, -0.2) is 13.8 Å². The first kappa shape index (κ1) is 25.6. The van der Waals surface area contributed by atoms with Gasteiger partial charge in [-0.15, -0.1) is 6.42 Å². The molecule has 214 valence electrons. The SMILES string of the molecule is C#Cc1c(F)ccc2cc(O)cc(-c3ncc4c(N5CC6CCC(C5)O6)nc(N5CC6CN(C)CC6C5)nc4c3F)c12. The zero-order chi connectivity index (χ0) is 28.7. The number of phenols is 1. The van der Waals surface area contributed by atoms with Crippen molar-refractivity contribution < 1.29 is 18.6 Å². The van der Waals surface area contributed by atoms with E-state index in [1.165, 1.54) is 24.3 Å². The number of morpholine rings is 1. The van der Waals surface area contributed by atoms with E-state index >= 15 is 4.39 Å². The molecular formula is C32H30F2N6O2. The fourth-order valence-electron chi connectivity index (χ4n) is 7.53. The number of benzene rings is 2. The fourth-order valence-corrected chi connectivity index (χ4v) is 7.53. The van der Waals surface area contributed by atoms with Crippen molar-refractivity contribution in [2.45, 2.75) is 25.0 Å². The van der Waals surface area contributed by atoms with Gasteiger partial charge in [0.25, 0.3) is 0 Å². The van der Waals surface area contributed by atoms with Gasteiger partial charge in [0, 0.05) is 56.4 Å². The lowest BCUT2D eigenvalue weighted by Gasteiger charge is -2.34. The standard InChI is InChI=1S/C32H30F2N6O2/c1-3-23-26(33)7-4-17-8-20(41)9-24(27(17)23)29-28(34)30-25(10-35-29)31(39-15-21-5-6-22(16-39)42-21)37-32(36-30)40-13-18-11-38(2)12-19(18)14-40/h1,4,7-10,18-19,21-22,41H,5-6,11-16H2,2H3. The summed E-state index contributed by atoms with van der Waals surface area (Å²) in [5.41, 5.74) is 0.290. The number of fused-ring (bicyclic) bond motifs is 5. The predicted octanol–water partition coefficient (Wildman–Crippen LogP) is 4.18. The van der Waals surface area contributed by atoms with Crippen LogP contribution < -0.4 is 9.80 Å². The molecule has 10 heteroatoms. The van der Waals surface area contributed by atoms with Gasteiger partial charge in [0.15, 0.2) is 5.82 Å². The largest absolute Gasteiger partial charge is 0.508 e. The van der Waals surface area contributed by atoms with Crippen LogP contribution in [0, 0.1) is 35.8 Å². The van der Waals surface area contributed by atoms with Crippen LogP contribution in [0.4, 0.5) is 20.5 Å². The number of ether oxygens (including phenoxy) is 1. The number of hydrogen-bond donors (Lipinski definition) is 1. The number of anilines is 2. The predicted molar refractivity (Wildman–Crippen MR) is 157 cm³/mol. The van der Waals surface area contributed by atoms with Gasteiger partial charge in [0.2, 0.25) is 5.95 Å². The third kappa shape index (κ3) is 3.98. The van der Waals surface area contributed by atoms with Crippen molar-refractivity contribution in [2.24, 2.45) is 11.8 Å². The summed E-state index contributed by atoms with van der Waals surface area (Å²) in [6, 6.07) is 5.61. The number of rotatable bonds is 3. The lowest BCUT2D eigenvalue weighted by molar-refractivity contribution is 0.0303. The second-order valence-electron chi connectivity index (χ2n) is 12.2. The highest BCUT2D eigenvalue weighted by Crippen LogP contribution is 2.40. The molecule has 2 bridgehead atoms. The maximum absolute atomic E-state index is 16.8. The molecule has 4 fully saturated rings. The Bertz CT molecular complexity index is 1780. The molecule has 2 aromatic carbocycles. The first-order valence-corrected chi connectivity index (χ1v) is 14.5. The average Bonchev–Trinajstić information content (AvgIpc) is 3.64. The van der Waals surface area contributed by atoms with Crippen LogP contribution in [0.25, 0.3) is 32.9 Å². The molecule has 8 nitrogen and oxygen atoms in total. The zero-order valence-corrected chi connectivity index (χ0v) is 23.2. The van der Waals surface area contributed by atoms with Gasteiger partial charge < -0.3 is 24.5 Å². The number of aromatic nitrogens is 3. The minimum Gasteiger partial charge on any atom is -0.508 e. The van der Waals surface area contributed by atoms with Gasteiger partial charge in [-0.2, -0.15) is 4.98 Å². The summed E-state index contributed by atoms with van der Waals surface area (Å²) < 4.78 is 37.6. The fraction of sp³-hybridized carbons (Fsp3) is 0.406. The molecule has 0 radical (unpaired) electrons. The van der Waals surface area contributed by atoms with Gasteiger partial charge in [0.1, 0.15) is 28.6 Å². The number of likely N-dealkylation sites (tertiary alicyclic amines) is 1. The highest BCUT2D eigenvalue weighted by atomic mass is 19.1. The first-order chi connectivity index (χ1) is 20.4. The van der Waals surface area contributed by atoms with Crippen LogP contribution in [0.2, 0.25) is 0 Å². The molecule has 4 aromatic rings. The summed E-state index contributed by atoms with van der Waals surface area (Å²) in [5.74, 6) is 3.23. The number of nitrogens with zero attached hydrogens (tertiary/aromatic N) is 6. The Morgan fingerprint density at radius 2 is 1.71 bits per heavy atom. The Hall–Kier alpha value is -4.07. The third-order valence-electron chi connectivity index (χ3n) is 9.40. The van der Waals surface area contributed by atoms with Gasteiger partial charge in [0.05, 0.1) is 23.2 Å². The lowest BCUT2D eigenvalue weighted by Crippen LogP contribution is -2.43. The molecule has 4 aliphatic heterocycles. The minimum atomic E-state index is -0.660. The molecule has 0 saturated carbocycles. The quantitative estimate of drug-likeness (QED) is 0.369. The van der Waals surface area contributed by atoms with Crippen LogP contribution in [-0.4, -0.2) is 83.5 Å². The molecule has 4 saturated heterocycles. The van der Waals surface area contributed by atoms with E-state index in [4.69, 9.17) is 21.1 Å². The Kier molecular flexibility index (Phi) is 5.78. The summed E-state index contributed by atoms with van der Waals surface area (Å²) in [5, 5.41) is 11.8. The molecule has 0 spiro atoms. The summed E-state index contributed by atoms with van der Waals surface area (Å²) >= 11 is 0. The number of halogens is 2. The Balaban J connectivity index is 1.32. The van der Waals surface area contributed by atoms with Crippen molar-refractivity contribution in [2.75, 3.05) is 56.1 Å². The van der Waals surface area contributed by atoms with Gasteiger partial charge >= 0.3 is 0 Å². The Morgan fingerprint density at radius 3 is 2.43 bits per heavy atom. The summed E-state index contributed by atoms with van der Waals surface area (Å²) in [4.78, 5) is 21.1. The average molecular weight is 569 g/mol. The van der Waals surface area contributed by atoms with Crippen LogP contribution in [0.5, 0.6) is 5.75 Å². The van der Waals surface area contributed by atoms with E-state index in [-0.39, 0.29) is 40.3 Å². The molecule has 1 N–H and O–H groups in total. The van der Waals surface area contributed by atoms with Crippen molar-refractivity contribution in [1.82, 2.24) is 19.9 Å². The van der Waals surface area contributed by atoms with Crippen molar-refractivity contribution in [3.63, 3.8) is 0 Å². The van der Waals surface area contributed by atoms with E-state index in [0.29, 0.717) is 52.9 Å². The van der Waals surface area contributed by atoms with Crippen LogP contribution in [0.3, 0.4) is 0 Å². The van der Waals surface area contributed by atoms with Crippen molar-refractivity contribution in [3.05, 3.63) is 47.7 Å². The van der Waals surface area contributed by atoms with E-state index < -0.39 is 11.6 Å². The Morgan fingerprint density at radius 1 is 0.976 bits per heavy atom. The number of hydrogen-bond acceptors (Lipinski definition) is 8. The van der Waals surface area contributed by atoms with Gasteiger partial charge in [-0.05, 0) is 55.3 Å². The number of pyridine rings is 1. The van der Waals surface area contributed by atoms with Crippen molar-refractivity contribution in [1.29, 1.82) is 0 Å². The maximum atomic E-state index is 16.8. The second-order valence-corrected chi connectivity index (χ2v) is 12.2. The van der Waals surface area contributed by atoms with E-state index in [1.807, 2.05) is 0 Å². The van der Waals surface area contributed by atoms with Gasteiger partial charge in [-0.1, -0.05) is 12.0 Å². The monoisotopic (exact) mass is 568 g/mol. The topological polar surface area (TPSA) is 77.9 Å². The summed E-state index contributed by atoms with van der Waals surface area (Å²) in [6.45, 7) is 5.02. The van der Waals surface area contributed by atoms with E-state index in [9.17, 15) is 9.50 Å². The zero-order valence-electron chi connectivity index (χ0n) is 23.2. The smallest absolute Gasteiger partial charge is 0.228 e. The van der Waals surface area contributed by atoms with Crippen LogP contribution in [-0.2, 0) is 4.74 Å². The summed E-state index contributed by atoms with van der Waals surface area (Å²) in [7, 11) is 2.15. The van der Waals surface area contributed by atoms with Crippen LogP contribution in [0.1, 0.15) is 18.4 Å². The van der Waals surface area contributed by atoms with E-state index in [2.05, 4.69) is 32.7 Å². The number of terminal acetylenes is 1. The van der Waals surface area contributed by atoms with Crippen molar-refractivity contribution in [3.8, 4) is 29.4 Å². The molecule has 4 aliphatic rings. The number of phenolic OH excluding ortho intramolecular Hbond substituents is 1. The highest BCUT2D eigenvalue weighted by molar-refractivity contribution is 6.03. The molecule has 42 heavy (non-hydrogen) atoms. The molecular weight excluding hydrogens is 538 g/mol. The maximum Gasteiger partial charge on any atom is 0.228 e. The number of aromatic hydroxyl groups is 1. The lowest BCUT2D eigenvalue weighted by atomic mass is 9.96. The molecule has 0 aliphatic carbocycles. The molecule has 2 aromatic heterocycles. The normalized spacial score (nSPS) is 25.5. The molecule has 6 heterocycles. The molecule has 0 amide bonds. The molecule has 4 unspecified atom stereocenters. The first-order valence-electron chi connectivity index (χ1n) is 14.5. The molecule has 8 rings (SSSR count). The Labute approximate surface area is 241 Å².